The number of hydrogen-bond donors (Lipinski definition) is 5. The van der Waals surface area contributed by atoms with Crippen LogP contribution in [0.5, 0.6) is 0 Å². The zero-order chi connectivity index (χ0) is 18.3. The van der Waals surface area contributed by atoms with Crippen molar-refractivity contribution in [3.8, 4) is 0 Å². The summed E-state index contributed by atoms with van der Waals surface area (Å²) in [5.41, 5.74) is 0. The molecule has 0 atom stereocenters. The average molecular weight is 320 g/mol. The second-order valence-corrected chi connectivity index (χ2v) is 3.51. The van der Waals surface area contributed by atoms with Crippen LogP contribution in [0.25, 0.3) is 0 Å². The molecule has 0 radical (unpaired) electrons. The molecule has 0 spiro atoms. The van der Waals surface area contributed by atoms with E-state index < -0.39 is 29.8 Å². The van der Waals surface area contributed by atoms with E-state index in [1.54, 1.807) is 13.8 Å². The van der Waals surface area contributed by atoms with E-state index >= 15 is 0 Å². The molecule has 0 fully saturated rings. The van der Waals surface area contributed by atoms with Crippen LogP contribution >= 0.6 is 0 Å². The minimum absolute atomic E-state index is 0.231. The zero-order valence-corrected chi connectivity index (χ0v) is 11.7. The summed E-state index contributed by atoms with van der Waals surface area (Å²) in [6.45, 7) is 3.28. The molecule has 124 valence electrons. The lowest BCUT2D eigenvalue weighted by Gasteiger charge is -1.89. The molecule has 0 rings (SSSR count). The largest absolute Gasteiger partial charge is 0.481 e. The number of rotatable bonds is 5. The van der Waals surface area contributed by atoms with Gasteiger partial charge in [-0.2, -0.15) is 0 Å². The second-order valence-electron chi connectivity index (χ2n) is 3.51. The fraction of sp³-hybridized carbons (Fsp3) is 0.250. The van der Waals surface area contributed by atoms with E-state index in [0.29, 0.717) is 24.3 Å². The fourth-order valence-electron chi connectivity index (χ4n) is 0.285. The van der Waals surface area contributed by atoms with Crippen molar-refractivity contribution in [1.29, 1.82) is 0 Å². The van der Waals surface area contributed by atoms with Gasteiger partial charge < -0.3 is 25.5 Å². The van der Waals surface area contributed by atoms with Crippen molar-refractivity contribution in [2.24, 2.45) is 5.92 Å². The first kappa shape index (κ1) is 23.9. The first-order chi connectivity index (χ1) is 9.89. The Balaban J connectivity index is -0.000000249. The van der Waals surface area contributed by atoms with E-state index in [-0.39, 0.29) is 5.92 Å². The van der Waals surface area contributed by atoms with E-state index in [9.17, 15) is 24.0 Å². The summed E-state index contributed by atoms with van der Waals surface area (Å²) >= 11 is 0. The first-order valence-electron chi connectivity index (χ1n) is 5.40. The predicted octanol–water partition coefficient (Wildman–Crippen LogP) is 0.151. The lowest BCUT2D eigenvalue weighted by molar-refractivity contribution is -0.140. The molecular weight excluding hydrogens is 304 g/mol. The Labute approximate surface area is 124 Å². The quantitative estimate of drug-likeness (QED) is 0.436. The molecule has 0 saturated carbocycles. The van der Waals surface area contributed by atoms with Crippen molar-refractivity contribution in [2.45, 2.75) is 13.8 Å². The smallest absolute Gasteiger partial charge is 0.328 e. The Bertz CT molecular complexity index is 393. The summed E-state index contributed by atoms with van der Waals surface area (Å²) in [4.78, 5) is 47.9. The molecule has 0 aliphatic heterocycles. The van der Waals surface area contributed by atoms with E-state index in [0.717, 1.165) is 0 Å². The third-order valence-electron chi connectivity index (χ3n) is 1.23. The highest BCUT2D eigenvalue weighted by molar-refractivity contribution is 5.90. The number of carboxylic acids is 5. The Kier molecular flexibility index (Phi) is 15.5. The minimum Gasteiger partial charge on any atom is -0.481 e. The van der Waals surface area contributed by atoms with Gasteiger partial charge in [-0.25, -0.2) is 19.2 Å². The van der Waals surface area contributed by atoms with Crippen molar-refractivity contribution in [3.05, 3.63) is 24.3 Å². The average Bonchev–Trinajstić information content (AvgIpc) is 2.35. The van der Waals surface area contributed by atoms with Crippen LogP contribution in [0.2, 0.25) is 0 Å². The van der Waals surface area contributed by atoms with Gasteiger partial charge in [0.25, 0.3) is 0 Å². The van der Waals surface area contributed by atoms with Crippen LogP contribution in [0.4, 0.5) is 0 Å². The van der Waals surface area contributed by atoms with Crippen LogP contribution in [-0.2, 0) is 24.0 Å². The molecule has 0 aliphatic rings. The van der Waals surface area contributed by atoms with Gasteiger partial charge in [0.1, 0.15) is 0 Å². The van der Waals surface area contributed by atoms with Crippen molar-refractivity contribution in [3.63, 3.8) is 0 Å². The maximum absolute atomic E-state index is 9.70. The number of carboxylic acid groups (broad SMARTS) is 5. The Morgan fingerprint density at radius 1 is 0.591 bits per heavy atom. The molecule has 0 aromatic rings. The van der Waals surface area contributed by atoms with Gasteiger partial charge in [0.15, 0.2) is 0 Å². The normalized spacial score (nSPS) is 9.41. The van der Waals surface area contributed by atoms with Crippen molar-refractivity contribution >= 4 is 29.8 Å². The van der Waals surface area contributed by atoms with Crippen LogP contribution in [0, 0.1) is 5.92 Å². The van der Waals surface area contributed by atoms with Crippen LogP contribution in [-0.4, -0.2) is 55.4 Å². The second kappa shape index (κ2) is 14.2. The third-order valence-corrected chi connectivity index (χ3v) is 1.23. The van der Waals surface area contributed by atoms with Gasteiger partial charge in [-0.3, -0.25) is 4.79 Å². The molecule has 0 aromatic heterocycles. The molecular formula is C12H16O10. The van der Waals surface area contributed by atoms with Crippen LogP contribution < -0.4 is 0 Å². The summed E-state index contributed by atoms with van der Waals surface area (Å²) in [6, 6.07) is 0. The van der Waals surface area contributed by atoms with Crippen molar-refractivity contribution in [2.75, 3.05) is 0 Å². The minimum atomic E-state index is -1.26. The number of aliphatic carboxylic acids is 5. The molecule has 5 N–H and O–H groups in total. The molecule has 0 heterocycles. The van der Waals surface area contributed by atoms with Crippen LogP contribution in [0.3, 0.4) is 0 Å². The Hall–Kier alpha value is -3.17. The standard InChI is InChI=1S/2C4H4O4.C4H8O2/c2*5-3(6)1-2-4(7)8;1-3(2)4(5)6/h2*1-2H,(H,5,6)(H,7,8);3H,1-2H3,(H,5,6)/b2*2-1+;. The van der Waals surface area contributed by atoms with Gasteiger partial charge in [0.2, 0.25) is 0 Å². The van der Waals surface area contributed by atoms with Gasteiger partial charge in [-0.05, 0) is 0 Å². The summed E-state index contributed by atoms with van der Waals surface area (Å²) in [5, 5.41) is 39.2. The third kappa shape index (κ3) is 36.0. The molecule has 0 unspecified atom stereocenters. The molecule has 10 heteroatoms. The fourth-order valence-corrected chi connectivity index (χ4v) is 0.285. The first-order valence-corrected chi connectivity index (χ1v) is 5.40. The highest BCUT2D eigenvalue weighted by atomic mass is 16.4. The molecule has 22 heavy (non-hydrogen) atoms. The van der Waals surface area contributed by atoms with E-state index in [1.807, 2.05) is 0 Å². The van der Waals surface area contributed by atoms with Crippen LogP contribution in [0.15, 0.2) is 24.3 Å². The van der Waals surface area contributed by atoms with Gasteiger partial charge in [-0.15, -0.1) is 0 Å². The monoisotopic (exact) mass is 320 g/mol. The van der Waals surface area contributed by atoms with Gasteiger partial charge in [-0.1, -0.05) is 13.8 Å². The molecule has 10 nitrogen and oxygen atoms in total. The highest BCUT2D eigenvalue weighted by Gasteiger charge is 1.99. The Morgan fingerprint density at radius 2 is 0.727 bits per heavy atom. The molecule has 0 saturated heterocycles. The molecule has 0 amide bonds. The van der Waals surface area contributed by atoms with Gasteiger partial charge in [0, 0.05) is 24.3 Å². The lowest BCUT2D eigenvalue weighted by atomic mass is 10.2. The predicted molar refractivity (Wildman–Crippen MR) is 71.3 cm³/mol. The topological polar surface area (TPSA) is 186 Å². The van der Waals surface area contributed by atoms with Crippen molar-refractivity contribution in [1.82, 2.24) is 0 Å². The summed E-state index contributed by atoms with van der Waals surface area (Å²) in [5.74, 6) is -6.00. The number of hydrogen-bond acceptors (Lipinski definition) is 5. The number of carbonyl (C=O) groups is 5. The summed E-state index contributed by atoms with van der Waals surface area (Å²) in [6.07, 6.45) is 2.23. The Morgan fingerprint density at radius 3 is 0.773 bits per heavy atom. The molecule has 0 bridgehead atoms. The van der Waals surface area contributed by atoms with Gasteiger partial charge in [0.05, 0.1) is 5.92 Å². The maximum Gasteiger partial charge on any atom is 0.328 e. The molecule has 0 aromatic carbocycles. The summed E-state index contributed by atoms with van der Waals surface area (Å²) < 4.78 is 0. The van der Waals surface area contributed by atoms with Gasteiger partial charge >= 0.3 is 29.8 Å². The maximum atomic E-state index is 9.70. The lowest BCUT2D eigenvalue weighted by Crippen LogP contribution is -2.03. The van der Waals surface area contributed by atoms with E-state index in [2.05, 4.69) is 0 Å². The van der Waals surface area contributed by atoms with E-state index in [1.165, 1.54) is 0 Å². The van der Waals surface area contributed by atoms with E-state index in [4.69, 9.17) is 25.5 Å². The summed E-state index contributed by atoms with van der Waals surface area (Å²) in [7, 11) is 0. The zero-order valence-electron chi connectivity index (χ0n) is 11.7. The van der Waals surface area contributed by atoms with Crippen molar-refractivity contribution < 1.29 is 49.5 Å². The molecule has 0 aliphatic carbocycles. The SMILES string of the molecule is CC(C)C(=O)O.O=C(O)/C=C/C(=O)O.O=C(O)/C=C/C(=O)O. The van der Waals surface area contributed by atoms with Crippen LogP contribution in [0.1, 0.15) is 13.8 Å². The highest BCUT2D eigenvalue weighted by Crippen LogP contribution is 1.87.